The van der Waals surface area contributed by atoms with Crippen LogP contribution in [-0.4, -0.2) is 15.1 Å². The number of aromatic nitrogens is 2. The molecular formula is C19H21F2N3. The minimum Gasteiger partial charge on any atom is -0.380 e. The van der Waals surface area contributed by atoms with Crippen molar-refractivity contribution in [1.29, 1.82) is 0 Å². The number of imidazole rings is 1. The second kappa shape index (κ2) is 5.58. The van der Waals surface area contributed by atoms with Crippen LogP contribution in [0.15, 0.2) is 48.8 Å². The van der Waals surface area contributed by atoms with Crippen molar-refractivity contribution < 1.29 is 8.78 Å². The van der Waals surface area contributed by atoms with Crippen LogP contribution < -0.4 is 5.32 Å². The number of anilines is 1. The molecule has 0 unspecified atom stereocenters. The summed E-state index contributed by atoms with van der Waals surface area (Å²) in [6.07, 6.45) is 1.67. The van der Waals surface area contributed by atoms with Crippen LogP contribution in [0.1, 0.15) is 33.3 Å². The van der Waals surface area contributed by atoms with Crippen LogP contribution in [0.2, 0.25) is 0 Å². The van der Waals surface area contributed by atoms with E-state index in [2.05, 4.69) is 10.3 Å². The number of fused-ring (bicyclic) bond motifs is 1. The van der Waals surface area contributed by atoms with E-state index in [0.29, 0.717) is 11.4 Å². The van der Waals surface area contributed by atoms with Gasteiger partial charge in [0.2, 0.25) is 0 Å². The van der Waals surface area contributed by atoms with Crippen LogP contribution in [-0.2, 0) is 5.92 Å². The molecule has 0 radical (unpaired) electrons. The molecule has 1 N–H and O–H groups in total. The maximum atomic E-state index is 14.0. The number of hydrogen-bond acceptors (Lipinski definition) is 2. The molecule has 0 atom stereocenters. The largest absolute Gasteiger partial charge is 0.380 e. The quantitative estimate of drug-likeness (QED) is 0.702. The van der Waals surface area contributed by atoms with E-state index in [-0.39, 0.29) is 11.1 Å². The maximum Gasteiger partial charge on any atom is 0.270 e. The Balaban J connectivity index is 2.18. The van der Waals surface area contributed by atoms with Crippen molar-refractivity contribution in [3.8, 4) is 5.69 Å². The summed E-state index contributed by atoms with van der Waals surface area (Å²) in [5.41, 5.74) is 2.79. The third-order valence-electron chi connectivity index (χ3n) is 3.68. The summed E-state index contributed by atoms with van der Waals surface area (Å²) in [6, 6.07) is 12.5. The van der Waals surface area contributed by atoms with E-state index in [1.807, 2.05) is 55.7 Å². The summed E-state index contributed by atoms with van der Waals surface area (Å²) in [4.78, 5) is 4.35. The van der Waals surface area contributed by atoms with Crippen LogP contribution in [0.5, 0.6) is 0 Å². The van der Waals surface area contributed by atoms with Crippen LogP contribution in [0.3, 0.4) is 0 Å². The highest BCUT2D eigenvalue weighted by molar-refractivity contribution is 5.77. The number of halogens is 2. The summed E-state index contributed by atoms with van der Waals surface area (Å²) in [5.74, 6) is -2.92. The van der Waals surface area contributed by atoms with Crippen molar-refractivity contribution in [2.75, 3.05) is 5.32 Å². The Labute approximate surface area is 140 Å². The number of nitrogens with one attached hydrogen (secondary N) is 1. The molecule has 0 bridgehead atoms. The van der Waals surface area contributed by atoms with Gasteiger partial charge in [-0.1, -0.05) is 12.1 Å². The van der Waals surface area contributed by atoms with Gasteiger partial charge in [-0.05, 0) is 51.1 Å². The van der Waals surface area contributed by atoms with E-state index < -0.39 is 5.92 Å². The van der Waals surface area contributed by atoms with Crippen molar-refractivity contribution in [1.82, 2.24) is 9.55 Å². The number of nitrogens with zero attached hydrogens (tertiary/aromatic N) is 2. The third-order valence-corrected chi connectivity index (χ3v) is 3.68. The Kier molecular flexibility index (Phi) is 3.82. The second-order valence-electron chi connectivity index (χ2n) is 7.14. The highest BCUT2D eigenvalue weighted by Gasteiger charge is 2.26. The SMILES string of the molecule is CC(C)(C)Nc1cc(-n2cnc3ccccc32)cc(C(C)(F)F)c1. The van der Waals surface area contributed by atoms with Crippen molar-refractivity contribution in [2.45, 2.75) is 39.2 Å². The average Bonchev–Trinajstić information content (AvgIpc) is 2.88. The predicted molar refractivity (Wildman–Crippen MR) is 94.0 cm³/mol. The molecule has 0 aliphatic rings. The fraction of sp³-hybridized carbons (Fsp3) is 0.316. The van der Waals surface area contributed by atoms with Crippen molar-refractivity contribution in [2.24, 2.45) is 0 Å². The highest BCUT2D eigenvalue weighted by atomic mass is 19.3. The molecular weight excluding hydrogens is 308 g/mol. The summed E-state index contributed by atoms with van der Waals surface area (Å²) >= 11 is 0. The summed E-state index contributed by atoms with van der Waals surface area (Å²) < 4.78 is 29.7. The van der Waals surface area contributed by atoms with Gasteiger partial charge in [-0.3, -0.25) is 4.57 Å². The first-order valence-corrected chi connectivity index (χ1v) is 7.87. The molecule has 0 saturated carbocycles. The van der Waals surface area contributed by atoms with Gasteiger partial charge in [0.05, 0.1) is 11.0 Å². The Hall–Kier alpha value is -2.43. The zero-order valence-corrected chi connectivity index (χ0v) is 14.3. The van der Waals surface area contributed by atoms with Crippen LogP contribution in [0.25, 0.3) is 16.7 Å². The molecule has 0 saturated heterocycles. The Morgan fingerprint density at radius 3 is 2.38 bits per heavy atom. The standard InChI is InChI=1S/C19H21F2N3/c1-18(2,3)23-14-9-13(19(4,20)21)10-15(11-14)24-12-22-16-7-5-6-8-17(16)24/h5-12,23H,1-4H3. The third kappa shape index (κ3) is 3.40. The predicted octanol–water partition coefficient (Wildman–Crippen LogP) is 5.35. The summed E-state index contributed by atoms with van der Waals surface area (Å²) in [6.45, 7) is 6.90. The van der Waals surface area contributed by atoms with Gasteiger partial charge >= 0.3 is 0 Å². The smallest absolute Gasteiger partial charge is 0.270 e. The minimum absolute atomic E-state index is 0.0236. The molecule has 3 aromatic rings. The van der Waals surface area contributed by atoms with E-state index in [0.717, 1.165) is 18.0 Å². The van der Waals surface area contributed by atoms with Crippen LogP contribution in [0.4, 0.5) is 14.5 Å². The van der Waals surface area contributed by atoms with E-state index in [9.17, 15) is 8.78 Å². The molecule has 0 spiro atoms. The molecule has 3 rings (SSSR count). The fourth-order valence-electron chi connectivity index (χ4n) is 2.67. The summed E-state index contributed by atoms with van der Waals surface area (Å²) in [7, 11) is 0. The topological polar surface area (TPSA) is 29.9 Å². The summed E-state index contributed by atoms with van der Waals surface area (Å²) in [5, 5.41) is 3.28. The zero-order chi connectivity index (χ0) is 17.5. The molecule has 0 aliphatic carbocycles. The monoisotopic (exact) mass is 329 g/mol. The van der Waals surface area contributed by atoms with Crippen LogP contribution >= 0.6 is 0 Å². The lowest BCUT2D eigenvalue weighted by Gasteiger charge is -2.24. The Bertz CT molecular complexity index is 870. The average molecular weight is 329 g/mol. The number of benzene rings is 2. The van der Waals surface area contributed by atoms with Gasteiger partial charge in [-0.15, -0.1) is 0 Å². The number of hydrogen-bond donors (Lipinski definition) is 1. The molecule has 0 fully saturated rings. The molecule has 2 aromatic carbocycles. The number of rotatable bonds is 3. The van der Waals surface area contributed by atoms with Gasteiger partial charge in [0.25, 0.3) is 5.92 Å². The molecule has 1 aromatic heterocycles. The lowest BCUT2D eigenvalue weighted by Crippen LogP contribution is -2.26. The van der Waals surface area contributed by atoms with Crippen molar-refractivity contribution >= 4 is 16.7 Å². The molecule has 126 valence electrons. The lowest BCUT2D eigenvalue weighted by molar-refractivity contribution is 0.0175. The number of alkyl halides is 2. The van der Waals surface area contributed by atoms with Gasteiger partial charge in [-0.25, -0.2) is 13.8 Å². The first-order chi connectivity index (χ1) is 11.1. The first kappa shape index (κ1) is 16.4. The van der Waals surface area contributed by atoms with E-state index in [1.54, 1.807) is 6.33 Å². The molecule has 1 heterocycles. The first-order valence-electron chi connectivity index (χ1n) is 7.87. The molecule has 5 heteroatoms. The van der Waals surface area contributed by atoms with Gasteiger partial charge in [0.15, 0.2) is 0 Å². The second-order valence-corrected chi connectivity index (χ2v) is 7.14. The minimum atomic E-state index is -2.92. The zero-order valence-electron chi connectivity index (χ0n) is 14.3. The normalized spacial score (nSPS) is 12.6. The van der Waals surface area contributed by atoms with Gasteiger partial charge in [0.1, 0.15) is 6.33 Å². The number of para-hydroxylation sites is 2. The Morgan fingerprint density at radius 1 is 1.00 bits per heavy atom. The lowest BCUT2D eigenvalue weighted by atomic mass is 10.0. The van der Waals surface area contributed by atoms with Gasteiger partial charge in [0, 0.05) is 29.4 Å². The molecule has 0 aliphatic heterocycles. The van der Waals surface area contributed by atoms with Crippen LogP contribution in [0, 0.1) is 0 Å². The maximum absolute atomic E-state index is 14.0. The van der Waals surface area contributed by atoms with E-state index in [1.165, 1.54) is 12.1 Å². The highest BCUT2D eigenvalue weighted by Crippen LogP contribution is 2.33. The molecule has 0 amide bonds. The van der Waals surface area contributed by atoms with Crippen molar-refractivity contribution in [3.05, 3.63) is 54.4 Å². The molecule has 3 nitrogen and oxygen atoms in total. The molecule has 24 heavy (non-hydrogen) atoms. The Morgan fingerprint density at radius 2 is 1.71 bits per heavy atom. The van der Waals surface area contributed by atoms with E-state index in [4.69, 9.17) is 0 Å². The van der Waals surface area contributed by atoms with E-state index >= 15 is 0 Å². The van der Waals surface area contributed by atoms with Crippen molar-refractivity contribution in [3.63, 3.8) is 0 Å². The van der Waals surface area contributed by atoms with Gasteiger partial charge < -0.3 is 5.32 Å². The van der Waals surface area contributed by atoms with Gasteiger partial charge in [-0.2, -0.15) is 0 Å². The fourth-order valence-corrected chi connectivity index (χ4v) is 2.67.